The van der Waals surface area contributed by atoms with E-state index in [1.807, 2.05) is 85.1 Å². The number of rotatable bonds is 7. The minimum atomic E-state index is -0.525. The first-order valence-electron chi connectivity index (χ1n) is 12.1. The van der Waals surface area contributed by atoms with Crippen LogP contribution in [0.2, 0.25) is 5.02 Å². The van der Waals surface area contributed by atoms with Crippen LogP contribution in [0.4, 0.5) is 5.69 Å². The van der Waals surface area contributed by atoms with E-state index in [-0.39, 0.29) is 12.3 Å². The van der Waals surface area contributed by atoms with Gasteiger partial charge < -0.3 is 15.8 Å². The number of nitrogen functional groups attached to an aromatic ring is 1. The molecule has 4 aromatic rings. The summed E-state index contributed by atoms with van der Waals surface area (Å²) in [6.07, 6.45) is 0.149. The smallest absolute Gasteiger partial charge is 0.222 e. The zero-order valence-corrected chi connectivity index (χ0v) is 21.4. The summed E-state index contributed by atoms with van der Waals surface area (Å²) in [5.41, 5.74) is 10.9. The normalized spacial score (nSPS) is 14.2. The minimum Gasteiger partial charge on any atom is -0.489 e. The van der Waals surface area contributed by atoms with Gasteiger partial charge in [0.05, 0.1) is 17.8 Å². The van der Waals surface area contributed by atoms with E-state index in [0.29, 0.717) is 41.3 Å². The Labute approximate surface area is 220 Å². The van der Waals surface area contributed by atoms with E-state index < -0.39 is 6.04 Å². The van der Waals surface area contributed by atoms with Gasteiger partial charge in [0.2, 0.25) is 5.91 Å². The summed E-state index contributed by atoms with van der Waals surface area (Å²) in [6, 6.07) is 20.4. The fraction of sp³-hybridized carbons (Fsp3) is 0.214. The number of amides is 1. The molecule has 8 nitrogen and oxygen atoms in total. The number of nitrogens with one attached hydrogen (secondary N) is 1. The van der Waals surface area contributed by atoms with Crippen LogP contribution in [0.15, 0.2) is 71.7 Å². The lowest BCUT2D eigenvalue weighted by atomic mass is 10.00. The third-order valence-electron chi connectivity index (χ3n) is 6.12. The zero-order valence-electron chi connectivity index (χ0n) is 20.6. The Bertz CT molecular complexity index is 1480. The van der Waals surface area contributed by atoms with Crippen molar-refractivity contribution >= 4 is 28.9 Å². The monoisotopic (exact) mass is 514 g/mol. The summed E-state index contributed by atoms with van der Waals surface area (Å²) >= 11 is 6.18. The second kappa shape index (κ2) is 10.4. The van der Waals surface area contributed by atoms with Crippen LogP contribution in [-0.4, -0.2) is 32.9 Å². The maximum atomic E-state index is 12.6. The van der Waals surface area contributed by atoms with Crippen molar-refractivity contribution in [2.75, 3.05) is 12.3 Å². The number of halogens is 1. The first kappa shape index (κ1) is 24.5. The number of anilines is 1. The molecule has 37 heavy (non-hydrogen) atoms. The lowest BCUT2D eigenvalue weighted by Gasteiger charge is -2.15. The molecule has 0 saturated heterocycles. The summed E-state index contributed by atoms with van der Waals surface area (Å²) in [5.74, 6) is 1.90. The van der Waals surface area contributed by atoms with Crippen LogP contribution < -0.4 is 15.8 Å². The van der Waals surface area contributed by atoms with Gasteiger partial charge in [-0.2, -0.15) is 0 Å². The van der Waals surface area contributed by atoms with Gasteiger partial charge in [-0.3, -0.25) is 14.4 Å². The molecular weight excluding hydrogens is 488 g/mol. The van der Waals surface area contributed by atoms with Crippen LogP contribution in [0.1, 0.15) is 47.7 Å². The van der Waals surface area contributed by atoms with Crippen molar-refractivity contribution in [2.45, 2.75) is 32.9 Å². The topological polar surface area (TPSA) is 107 Å². The molecule has 2 heterocycles. The van der Waals surface area contributed by atoms with E-state index in [9.17, 15) is 4.79 Å². The number of aryl methyl sites for hydroxylation is 1. The number of aliphatic imine (C=N–C) groups is 1. The molecule has 1 aliphatic heterocycles. The Hall–Kier alpha value is -4.17. The summed E-state index contributed by atoms with van der Waals surface area (Å²) in [7, 11) is 0. The molecule has 5 rings (SSSR count). The van der Waals surface area contributed by atoms with Crippen molar-refractivity contribution in [2.24, 2.45) is 4.99 Å². The van der Waals surface area contributed by atoms with E-state index in [1.54, 1.807) is 0 Å². The first-order chi connectivity index (χ1) is 17.9. The first-order valence-corrected chi connectivity index (χ1v) is 12.4. The second-order valence-electron chi connectivity index (χ2n) is 8.81. The molecule has 0 bridgehead atoms. The highest BCUT2D eigenvalue weighted by Crippen LogP contribution is 2.34. The van der Waals surface area contributed by atoms with Crippen LogP contribution in [0.25, 0.3) is 5.69 Å². The Morgan fingerprint density at radius 2 is 1.92 bits per heavy atom. The van der Waals surface area contributed by atoms with Crippen molar-refractivity contribution in [1.82, 2.24) is 20.1 Å². The van der Waals surface area contributed by atoms with Gasteiger partial charge in [-0.05, 0) is 61.9 Å². The average Bonchev–Trinajstić information content (AvgIpc) is 3.21. The highest BCUT2D eigenvalue weighted by atomic mass is 35.5. The van der Waals surface area contributed by atoms with Gasteiger partial charge in [0.25, 0.3) is 0 Å². The van der Waals surface area contributed by atoms with Gasteiger partial charge in [-0.1, -0.05) is 35.9 Å². The summed E-state index contributed by atoms with van der Waals surface area (Å²) in [4.78, 5) is 17.7. The van der Waals surface area contributed by atoms with E-state index in [2.05, 4.69) is 15.5 Å². The number of carbonyl (C=O) groups excluding carboxylic acids is 1. The molecule has 0 fully saturated rings. The van der Waals surface area contributed by atoms with Crippen LogP contribution in [0.5, 0.6) is 5.75 Å². The molecule has 188 valence electrons. The molecule has 9 heteroatoms. The van der Waals surface area contributed by atoms with Crippen molar-refractivity contribution in [1.29, 1.82) is 0 Å². The predicted molar refractivity (Wildman–Crippen MR) is 144 cm³/mol. The fourth-order valence-electron chi connectivity index (χ4n) is 4.43. The van der Waals surface area contributed by atoms with E-state index >= 15 is 0 Å². The molecular formula is C28H27ClN6O2. The molecule has 0 spiro atoms. The van der Waals surface area contributed by atoms with Gasteiger partial charge in [-0.15, -0.1) is 10.2 Å². The van der Waals surface area contributed by atoms with Crippen LogP contribution in [0, 0.1) is 6.92 Å². The third kappa shape index (κ3) is 5.20. The van der Waals surface area contributed by atoms with Gasteiger partial charge in [-0.25, -0.2) is 0 Å². The molecule has 3 aromatic carbocycles. The molecule has 0 saturated carbocycles. The SMILES string of the molecule is CCNC(=O)C[C@@H]1N=C(c2ccc(Cl)cc2)c2cc(OCc3cccc(N)c3)ccc2-n2c(C)nnc21. The second-order valence-corrected chi connectivity index (χ2v) is 9.25. The third-order valence-corrected chi connectivity index (χ3v) is 6.38. The Morgan fingerprint density at radius 1 is 1.11 bits per heavy atom. The minimum absolute atomic E-state index is 0.101. The summed E-state index contributed by atoms with van der Waals surface area (Å²) in [6.45, 7) is 4.69. The van der Waals surface area contributed by atoms with Crippen LogP contribution in [0.3, 0.4) is 0 Å². The number of nitrogens with zero attached hydrogens (tertiary/aromatic N) is 4. The lowest BCUT2D eigenvalue weighted by Crippen LogP contribution is -2.25. The predicted octanol–water partition coefficient (Wildman–Crippen LogP) is 4.81. The van der Waals surface area contributed by atoms with Gasteiger partial charge in [0.15, 0.2) is 5.82 Å². The number of hydrogen-bond acceptors (Lipinski definition) is 6. The number of fused-ring (bicyclic) bond motifs is 3. The fourth-order valence-corrected chi connectivity index (χ4v) is 4.56. The molecule has 0 radical (unpaired) electrons. The van der Waals surface area contributed by atoms with Gasteiger partial charge in [0.1, 0.15) is 24.2 Å². The standard InChI is InChI=1S/C28H27ClN6O2/c1-3-31-26(36)15-24-28-34-33-17(2)35(28)25-12-11-22(37-16-18-5-4-6-21(30)13-18)14-23(25)27(32-24)19-7-9-20(29)10-8-19/h4-14,24H,3,15-16,30H2,1-2H3,(H,31,36)/t24-/m0/s1. The summed E-state index contributed by atoms with van der Waals surface area (Å²) < 4.78 is 8.11. The maximum absolute atomic E-state index is 12.6. The molecule has 1 amide bonds. The number of benzene rings is 3. The lowest BCUT2D eigenvalue weighted by molar-refractivity contribution is -0.121. The summed E-state index contributed by atoms with van der Waals surface area (Å²) in [5, 5.41) is 12.2. The number of aromatic nitrogens is 3. The quantitative estimate of drug-likeness (QED) is 0.344. The van der Waals surface area contributed by atoms with Crippen molar-refractivity contribution in [3.63, 3.8) is 0 Å². The highest BCUT2D eigenvalue weighted by molar-refractivity contribution is 6.30. The van der Waals surface area contributed by atoms with Crippen molar-refractivity contribution in [3.8, 4) is 11.4 Å². The molecule has 0 unspecified atom stereocenters. The average molecular weight is 515 g/mol. The Morgan fingerprint density at radius 3 is 2.68 bits per heavy atom. The number of ether oxygens (including phenoxy) is 1. The van der Waals surface area contributed by atoms with Gasteiger partial charge in [0, 0.05) is 28.4 Å². The van der Waals surface area contributed by atoms with E-state index in [4.69, 9.17) is 27.1 Å². The van der Waals surface area contributed by atoms with Crippen molar-refractivity contribution < 1.29 is 9.53 Å². The Balaban J connectivity index is 1.62. The Kier molecular flexibility index (Phi) is 6.92. The molecule has 1 aliphatic rings. The number of nitrogens with two attached hydrogens (primary N) is 1. The zero-order chi connectivity index (χ0) is 25.9. The molecule has 1 aromatic heterocycles. The van der Waals surface area contributed by atoms with Crippen LogP contribution >= 0.6 is 11.6 Å². The van der Waals surface area contributed by atoms with Crippen molar-refractivity contribution in [3.05, 3.63) is 100 Å². The highest BCUT2D eigenvalue weighted by Gasteiger charge is 2.30. The van der Waals surface area contributed by atoms with Gasteiger partial charge >= 0.3 is 0 Å². The largest absolute Gasteiger partial charge is 0.489 e. The molecule has 1 atom stereocenters. The molecule has 3 N–H and O–H groups in total. The van der Waals surface area contributed by atoms with E-state index in [0.717, 1.165) is 28.1 Å². The molecule has 0 aliphatic carbocycles. The number of carbonyl (C=O) groups is 1. The maximum Gasteiger partial charge on any atom is 0.222 e. The van der Waals surface area contributed by atoms with E-state index in [1.165, 1.54) is 0 Å². The number of hydrogen-bond donors (Lipinski definition) is 2. The van der Waals surface area contributed by atoms with Crippen LogP contribution in [-0.2, 0) is 11.4 Å².